The molecule has 0 unspecified atom stereocenters. The Kier molecular flexibility index (Phi) is 6.64. The summed E-state index contributed by atoms with van der Waals surface area (Å²) in [6, 6.07) is 0. The van der Waals surface area contributed by atoms with E-state index in [9.17, 15) is 0 Å². The van der Waals surface area contributed by atoms with Gasteiger partial charge in [0.25, 0.3) is 0 Å². The number of hydrogen-bond donors (Lipinski definition) is 2. The maximum absolute atomic E-state index is 6.22. The first kappa shape index (κ1) is 17.5. The zero-order chi connectivity index (χ0) is 15.9. The average molecular weight is 297 g/mol. The molecule has 0 saturated carbocycles. The van der Waals surface area contributed by atoms with Gasteiger partial charge in [0.15, 0.2) is 11.6 Å². The van der Waals surface area contributed by atoms with E-state index < -0.39 is 0 Å². The topological polar surface area (TPSA) is 85.5 Å². The molecule has 0 aliphatic carbocycles. The molecule has 0 fully saturated rings. The minimum Gasteiger partial charge on any atom is -0.393 e. The van der Waals surface area contributed by atoms with E-state index in [2.05, 4.69) is 36.1 Å². The number of methoxy groups -OCH3 is 2. The van der Waals surface area contributed by atoms with E-state index in [1.165, 1.54) is 6.33 Å². The van der Waals surface area contributed by atoms with Crippen molar-refractivity contribution in [2.45, 2.75) is 26.3 Å². The van der Waals surface area contributed by atoms with E-state index in [0.717, 1.165) is 0 Å². The van der Waals surface area contributed by atoms with Crippen LogP contribution < -0.4 is 16.0 Å². The molecule has 1 aromatic heterocycles. The Morgan fingerprint density at radius 1 is 1.14 bits per heavy atom. The third-order valence-electron chi connectivity index (χ3n) is 2.79. The molecule has 21 heavy (non-hydrogen) atoms. The Bertz CT molecular complexity index is 426. The molecule has 0 aliphatic rings. The second kappa shape index (κ2) is 7.99. The van der Waals surface area contributed by atoms with Crippen LogP contribution in [0.3, 0.4) is 0 Å². The van der Waals surface area contributed by atoms with Crippen molar-refractivity contribution in [1.82, 2.24) is 9.97 Å². The van der Waals surface area contributed by atoms with Crippen LogP contribution in [0.5, 0.6) is 0 Å². The molecule has 1 aromatic rings. The average Bonchev–Trinajstić information content (AvgIpc) is 2.40. The number of nitrogen functional groups attached to an aromatic ring is 1. The Balaban J connectivity index is 2.98. The van der Waals surface area contributed by atoms with Gasteiger partial charge in [-0.3, -0.25) is 0 Å². The first-order valence-electron chi connectivity index (χ1n) is 7.00. The van der Waals surface area contributed by atoms with E-state index in [0.29, 0.717) is 43.6 Å². The molecule has 0 atom stereocenters. The highest BCUT2D eigenvalue weighted by Crippen LogP contribution is 2.27. The van der Waals surface area contributed by atoms with Crippen molar-refractivity contribution in [3.05, 3.63) is 6.33 Å². The van der Waals surface area contributed by atoms with Gasteiger partial charge in [-0.2, -0.15) is 0 Å². The summed E-state index contributed by atoms with van der Waals surface area (Å²) in [6.45, 7) is 8.74. The van der Waals surface area contributed by atoms with Crippen LogP contribution in [0.15, 0.2) is 6.33 Å². The molecule has 0 spiro atoms. The lowest BCUT2D eigenvalue weighted by molar-refractivity contribution is 0.190. The van der Waals surface area contributed by atoms with Gasteiger partial charge in [-0.25, -0.2) is 9.97 Å². The highest BCUT2D eigenvalue weighted by Gasteiger charge is 2.18. The molecule has 0 aromatic carbocycles. The van der Waals surface area contributed by atoms with Crippen molar-refractivity contribution in [1.29, 1.82) is 0 Å². The monoisotopic (exact) mass is 297 g/mol. The SMILES string of the molecule is COCCN(CCOC)c1ncnc(NC(C)(C)C)c1N. The summed E-state index contributed by atoms with van der Waals surface area (Å²) in [4.78, 5) is 10.6. The number of hydrogen-bond acceptors (Lipinski definition) is 7. The minimum atomic E-state index is -0.121. The molecular formula is C14H27N5O2. The smallest absolute Gasteiger partial charge is 0.157 e. The van der Waals surface area contributed by atoms with Crippen LogP contribution in [0.4, 0.5) is 17.3 Å². The standard InChI is InChI=1S/C14H27N5O2/c1-14(2,3)18-12-11(15)13(17-10-16-12)19(6-8-20-4)7-9-21-5/h10H,6-9,15H2,1-5H3,(H,16,17,18). The van der Waals surface area contributed by atoms with E-state index in [4.69, 9.17) is 15.2 Å². The van der Waals surface area contributed by atoms with E-state index >= 15 is 0 Å². The fourth-order valence-corrected chi connectivity index (χ4v) is 1.82. The van der Waals surface area contributed by atoms with Gasteiger partial charge in [0.2, 0.25) is 0 Å². The molecule has 7 nitrogen and oxygen atoms in total. The lowest BCUT2D eigenvalue weighted by atomic mass is 10.1. The molecule has 0 saturated heterocycles. The zero-order valence-electron chi connectivity index (χ0n) is 13.6. The Hall–Kier alpha value is -1.60. The summed E-state index contributed by atoms with van der Waals surface area (Å²) >= 11 is 0. The third kappa shape index (κ3) is 5.73. The van der Waals surface area contributed by atoms with E-state index in [1.807, 2.05) is 4.90 Å². The van der Waals surface area contributed by atoms with Crippen molar-refractivity contribution in [2.75, 3.05) is 56.5 Å². The fraction of sp³-hybridized carbons (Fsp3) is 0.714. The molecule has 0 bridgehead atoms. The second-order valence-corrected chi connectivity index (χ2v) is 5.81. The minimum absolute atomic E-state index is 0.121. The van der Waals surface area contributed by atoms with Gasteiger partial charge < -0.3 is 25.4 Å². The number of anilines is 3. The highest BCUT2D eigenvalue weighted by molar-refractivity contribution is 5.75. The molecule has 3 N–H and O–H groups in total. The van der Waals surface area contributed by atoms with Crippen molar-refractivity contribution in [3.63, 3.8) is 0 Å². The number of ether oxygens (including phenoxy) is 2. The molecule has 120 valence electrons. The number of aromatic nitrogens is 2. The van der Waals surface area contributed by atoms with Crippen LogP contribution in [-0.2, 0) is 9.47 Å². The summed E-state index contributed by atoms with van der Waals surface area (Å²) in [6.07, 6.45) is 1.52. The summed E-state index contributed by atoms with van der Waals surface area (Å²) in [7, 11) is 3.34. The van der Waals surface area contributed by atoms with Crippen molar-refractivity contribution < 1.29 is 9.47 Å². The quantitative estimate of drug-likeness (QED) is 0.749. The molecule has 0 aliphatic heterocycles. The van der Waals surface area contributed by atoms with Gasteiger partial charge in [-0.05, 0) is 20.8 Å². The van der Waals surface area contributed by atoms with Crippen molar-refractivity contribution in [2.24, 2.45) is 0 Å². The zero-order valence-corrected chi connectivity index (χ0v) is 13.6. The normalized spacial score (nSPS) is 11.5. The van der Waals surface area contributed by atoms with Crippen LogP contribution >= 0.6 is 0 Å². The summed E-state index contributed by atoms with van der Waals surface area (Å²) in [5.41, 5.74) is 6.64. The van der Waals surface area contributed by atoms with Crippen LogP contribution in [0, 0.1) is 0 Å². The predicted molar refractivity (Wildman–Crippen MR) is 85.8 cm³/mol. The summed E-state index contributed by atoms with van der Waals surface area (Å²) < 4.78 is 10.3. The lowest BCUT2D eigenvalue weighted by Crippen LogP contribution is -2.33. The number of nitrogens with one attached hydrogen (secondary N) is 1. The predicted octanol–water partition coefficient (Wildman–Crippen LogP) is 1.37. The van der Waals surface area contributed by atoms with E-state index in [-0.39, 0.29) is 5.54 Å². The number of rotatable bonds is 8. The van der Waals surface area contributed by atoms with Gasteiger partial charge >= 0.3 is 0 Å². The molecule has 0 amide bonds. The van der Waals surface area contributed by atoms with Crippen molar-refractivity contribution in [3.8, 4) is 0 Å². The molecule has 7 heteroatoms. The Morgan fingerprint density at radius 2 is 1.71 bits per heavy atom. The highest BCUT2D eigenvalue weighted by atomic mass is 16.5. The summed E-state index contributed by atoms with van der Waals surface area (Å²) in [5.74, 6) is 1.35. The first-order chi connectivity index (χ1) is 9.89. The van der Waals surface area contributed by atoms with Crippen LogP contribution in [0.25, 0.3) is 0 Å². The molecule has 1 rings (SSSR count). The fourth-order valence-electron chi connectivity index (χ4n) is 1.82. The van der Waals surface area contributed by atoms with Crippen LogP contribution in [0.2, 0.25) is 0 Å². The second-order valence-electron chi connectivity index (χ2n) is 5.81. The molecule has 0 radical (unpaired) electrons. The van der Waals surface area contributed by atoms with Crippen LogP contribution in [-0.4, -0.2) is 56.0 Å². The number of nitrogens with two attached hydrogens (primary N) is 1. The Labute approximate surface area is 126 Å². The molecule has 1 heterocycles. The summed E-state index contributed by atoms with van der Waals surface area (Å²) in [5, 5.41) is 3.29. The maximum Gasteiger partial charge on any atom is 0.157 e. The van der Waals surface area contributed by atoms with Gasteiger partial charge in [-0.1, -0.05) is 0 Å². The van der Waals surface area contributed by atoms with Gasteiger partial charge in [0.05, 0.1) is 13.2 Å². The van der Waals surface area contributed by atoms with Gasteiger partial charge in [-0.15, -0.1) is 0 Å². The molecular weight excluding hydrogens is 270 g/mol. The largest absolute Gasteiger partial charge is 0.393 e. The van der Waals surface area contributed by atoms with Gasteiger partial charge in [0, 0.05) is 32.8 Å². The first-order valence-corrected chi connectivity index (χ1v) is 7.00. The third-order valence-corrected chi connectivity index (χ3v) is 2.79. The van der Waals surface area contributed by atoms with E-state index in [1.54, 1.807) is 14.2 Å². The van der Waals surface area contributed by atoms with Crippen molar-refractivity contribution >= 4 is 17.3 Å². The Morgan fingerprint density at radius 3 is 2.19 bits per heavy atom. The van der Waals surface area contributed by atoms with Gasteiger partial charge in [0.1, 0.15) is 12.0 Å². The lowest BCUT2D eigenvalue weighted by Gasteiger charge is -2.27. The maximum atomic E-state index is 6.22. The number of nitrogens with zero attached hydrogens (tertiary/aromatic N) is 3. The van der Waals surface area contributed by atoms with Crippen LogP contribution in [0.1, 0.15) is 20.8 Å².